The Morgan fingerprint density at radius 3 is 2.04 bits per heavy atom. The highest BCUT2D eigenvalue weighted by molar-refractivity contribution is 5.98. The quantitative estimate of drug-likeness (QED) is 0.780. The molecule has 2 saturated heterocycles. The summed E-state index contributed by atoms with van der Waals surface area (Å²) in [6, 6.07) is 3.12. The van der Waals surface area contributed by atoms with Crippen LogP contribution in [0.2, 0.25) is 0 Å². The number of pyridine rings is 1. The zero-order chi connectivity index (χ0) is 20.4. The molecule has 7 heteroatoms. The van der Waals surface area contributed by atoms with Crippen LogP contribution in [0.3, 0.4) is 0 Å². The molecule has 2 aliphatic heterocycles. The average molecular weight is 389 g/mol. The highest BCUT2D eigenvalue weighted by Crippen LogP contribution is 2.29. The summed E-state index contributed by atoms with van der Waals surface area (Å²) in [6.07, 6.45) is 5.33. The molecule has 0 saturated carbocycles. The van der Waals surface area contributed by atoms with Gasteiger partial charge in [-0.2, -0.15) is 0 Å². The molecule has 0 aliphatic carbocycles. The lowest BCUT2D eigenvalue weighted by atomic mass is 10.1. The third-order valence-electron chi connectivity index (χ3n) is 5.34. The van der Waals surface area contributed by atoms with E-state index in [0.717, 1.165) is 25.7 Å². The highest BCUT2D eigenvalue weighted by Gasteiger charge is 2.32. The van der Waals surface area contributed by atoms with Crippen LogP contribution in [0.15, 0.2) is 18.3 Å². The fourth-order valence-corrected chi connectivity index (χ4v) is 3.74. The van der Waals surface area contributed by atoms with Gasteiger partial charge in [-0.3, -0.25) is 14.6 Å². The normalized spacial score (nSPS) is 25.4. The maximum atomic E-state index is 12.4. The average Bonchev–Trinajstić information content (AvgIpc) is 3.18. The molecular formula is C21H31N3O4. The Morgan fingerprint density at radius 1 is 1.00 bits per heavy atom. The Bertz CT molecular complexity index is 675. The van der Waals surface area contributed by atoms with Gasteiger partial charge < -0.3 is 20.1 Å². The second kappa shape index (κ2) is 8.17. The molecule has 2 unspecified atom stereocenters. The van der Waals surface area contributed by atoms with E-state index in [1.807, 2.05) is 0 Å². The number of hydrogen-bond donors (Lipinski definition) is 2. The van der Waals surface area contributed by atoms with Crippen molar-refractivity contribution in [3.63, 3.8) is 0 Å². The number of nitrogens with zero attached hydrogens (tertiary/aromatic N) is 1. The minimum atomic E-state index is -0.302. The van der Waals surface area contributed by atoms with Crippen LogP contribution < -0.4 is 10.6 Å². The first kappa shape index (κ1) is 20.7. The largest absolute Gasteiger partial charge is 0.371 e. The van der Waals surface area contributed by atoms with Crippen LogP contribution in [0.1, 0.15) is 74.2 Å². The number of hydrogen-bond acceptors (Lipinski definition) is 5. The Hall–Kier alpha value is -1.99. The number of carbonyl (C=O) groups excluding carboxylic acids is 2. The zero-order valence-corrected chi connectivity index (χ0v) is 17.2. The number of nitrogens with one attached hydrogen (secondary N) is 2. The lowest BCUT2D eigenvalue weighted by Crippen LogP contribution is -2.35. The summed E-state index contributed by atoms with van der Waals surface area (Å²) in [6.45, 7) is 9.11. The van der Waals surface area contributed by atoms with E-state index >= 15 is 0 Å². The summed E-state index contributed by atoms with van der Waals surface area (Å²) in [7, 11) is 0. The van der Waals surface area contributed by atoms with Gasteiger partial charge in [0.1, 0.15) is 5.69 Å². The Balaban J connectivity index is 1.50. The summed E-state index contributed by atoms with van der Waals surface area (Å²) >= 11 is 0. The zero-order valence-electron chi connectivity index (χ0n) is 17.2. The topological polar surface area (TPSA) is 89.6 Å². The molecule has 1 aromatic rings. The summed E-state index contributed by atoms with van der Waals surface area (Å²) in [4.78, 5) is 28.9. The van der Waals surface area contributed by atoms with Gasteiger partial charge in [0.2, 0.25) is 0 Å². The van der Waals surface area contributed by atoms with Gasteiger partial charge in [-0.25, -0.2) is 0 Å². The summed E-state index contributed by atoms with van der Waals surface area (Å²) in [5.74, 6) is -0.533. The Labute approximate surface area is 166 Å². The molecule has 2 amide bonds. The van der Waals surface area contributed by atoms with E-state index in [9.17, 15) is 9.59 Å². The van der Waals surface area contributed by atoms with E-state index < -0.39 is 0 Å². The number of ether oxygens (including phenoxy) is 2. The van der Waals surface area contributed by atoms with Gasteiger partial charge in [-0.15, -0.1) is 0 Å². The molecule has 0 aromatic carbocycles. The molecule has 1 aromatic heterocycles. The molecule has 0 radical (unpaired) electrons. The summed E-state index contributed by atoms with van der Waals surface area (Å²) in [5, 5.41) is 5.74. The number of carbonyl (C=O) groups is 2. The number of aromatic nitrogens is 1. The van der Waals surface area contributed by atoms with Crippen molar-refractivity contribution < 1.29 is 19.1 Å². The molecule has 28 heavy (non-hydrogen) atoms. The van der Waals surface area contributed by atoms with E-state index in [0.29, 0.717) is 18.7 Å². The fraction of sp³-hybridized carbons (Fsp3) is 0.667. The van der Waals surface area contributed by atoms with E-state index in [1.165, 1.54) is 12.3 Å². The van der Waals surface area contributed by atoms with Gasteiger partial charge in [-0.05, 0) is 65.5 Å². The number of rotatable bonds is 6. The first-order valence-electron chi connectivity index (χ1n) is 10.0. The van der Waals surface area contributed by atoms with Gasteiger partial charge in [0.15, 0.2) is 0 Å². The van der Waals surface area contributed by atoms with Crippen molar-refractivity contribution >= 4 is 11.8 Å². The Kier molecular flexibility index (Phi) is 6.05. The first-order valence-corrected chi connectivity index (χ1v) is 10.0. The highest BCUT2D eigenvalue weighted by atomic mass is 16.5. The van der Waals surface area contributed by atoms with Crippen molar-refractivity contribution in [2.45, 2.75) is 76.8 Å². The van der Waals surface area contributed by atoms with E-state index in [1.54, 1.807) is 6.07 Å². The van der Waals surface area contributed by atoms with Gasteiger partial charge in [0.25, 0.3) is 11.8 Å². The summed E-state index contributed by atoms with van der Waals surface area (Å²) in [5.41, 5.74) is 0.373. The van der Waals surface area contributed by atoms with Crippen molar-refractivity contribution in [1.29, 1.82) is 0 Å². The van der Waals surface area contributed by atoms with Crippen LogP contribution in [0.25, 0.3) is 0 Å². The molecule has 2 fully saturated rings. The van der Waals surface area contributed by atoms with Gasteiger partial charge in [0, 0.05) is 24.8 Å². The third kappa shape index (κ3) is 5.52. The van der Waals surface area contributed by atoms with Crippen molar-refractivity contribution in [2.75, 3.05) is 13.1 Å². The second-order valence-electron chi connectivity index (χ2n) is 8.93. The lowest BCUT2D eigenvalue weighted by molar-refractivity contribution is -0.0140. The van der Waals surface area contributed by atoms with Crippen LogP contribution in [0, 0.1) is 0 Å². The fourth-order valence-electron chi connectivity index (χ4n) is 3.74. The molecule has 3 heterocycles. The lowest BCUT2D eigenvalue weighted by Gasteiger charge is -2.19. The smallest absolute Gasteiger partial charge is 0.269 e. The third-order valence-corrected chi connectivity index (χ3v) is 5.34. The molecule has 7 nitrogen and oxygen atoms in total. The maximum absolute atomic E-state index is 12.4. The number of amides is 2. The van der Waals surface area contributed by atoms with Crippen LogP contribution in [0.4, 0.5) is 0 Å². The van der Waals surface area contributed by atoms with Crippen LogP contribution >= 0.6 is 0 Å². The molecule has 2 aliphatic rings. The van der Waals surface area contributed by atoms with Crippen molar-refractivity contribution in [1.82, 2.24) is 15.6 Å². The van der Waals surface area contributed by atoms with E-state index in [2.05, 4.69) is 43.3 Å². The molecular weight excluding hydrogens is 358 g/mol. The van der Waals surface area contributed by atoms with Crippen LogP contribution in [0.5, 0.6) is 0 Å². The monoisotopic (exact) mass is 389 g/mol. The molecule has 2 atom stereocenters. The predicted octanol–water partition coefficient (Wildman–Crippen LogP) is 2.46. The minimum Gasteiger partial charge on any atom is -0.371 e. The standard InChI is InChI=1S/C21H31N3O4/c1-20(2)8-5-15(27-20)12-23-18(25)14-7-10-22-17(11-14)19(26)24-13-16-6-9-21(3,4)28-16/h7,10-11,15-16H,5-6,8-9,12-13H2,1-4H3,(H,23,25)(H,24,26). The molecule has 154 valence electrons. The second-order valence-corrected chi connectivity index (χ2v) is 8.93. The first-order chi connectivity index (χ1) is 13.1. The van der Waals surface area contributed by atoms with E-state index in [4.69, 9.17) is 9.47 Å². The minimum absolute atomic E-state index is 0.0149. The van der Waals surface area contributed by atoms with Crippen LogP contribution in [-0.4, -0.2) is 53.3 Å². The van der Waals surface area contributed by atoms with Crippen molar-refractivity contribution in [3.8, 4) is 0 Å². The molecule has 0 spiro atoms. The van der Waals surface area contributed by atoms with Crippen LogP contribution in [-0.2, 0) is 9.47 Å². The van der Waals surface area contributed by atoms with Crippen molar-refractivity contribution in [2.24, 2.45) is 0 Å². The van der Waals surface area contributed by atoms with Gasteiger partial charge >= 0.3 is 0 Å². The molecule has 0 bridgehead atoms. The summed E-state index contributed by atoms with van der Waals surface area (Å²) < 4.78 is 11.8. The van der Waals surface area contributed by atoms with Crippen molar-refractivity contribution in [3.05, 3.63) is 29.6 Å². The Morgan fingerprint density at radius 2 is 1.54 bits per heavy atom. The van der Waals surface area contributed by atoms with Gasteiger partial charge in [0.05, 0.1) is 23.4 Å². The van der Waals surface area contributed by atoms with E-state index in [-0.39, 0.29) is 40.9 Å². The molecule has 2 N–H and O–H groups in total. The SMILES string of the molecule is CC1(C)CCC(CNC(=O)c2ccnc(C(=O)NCC3CCC(C)(C)O3)c2)O1. The van der Waals surface area contributed by atoms with Gasteiger partial charge in [-0.1, -0.05) is 0 Å². The molecule has 3 rings (SSSR count). The maximum Gasteiger partial charge on any atom is 0.269 e. The predicted molar refractivity (Wildman–Crippen MR) is 105 cm³/mol.